The Hall–Kier alpha value is -1.78. The van der Waals surface area contributed by atoms with Gasteiger partial charge in [-0.2, -0.15) is 0 Å². The Morgan fingerprint density at radius 2 is 2.05 bits per heavy atom. The van der Waals surface area contributed by atoms with Gasteiger partial charge in [0, 0.05) is 12.1 Å². The molecule has 104 valence electrons. The Balaban J connectivity index is 2.14. The molecule has 0 aliphatic heterocycles. The molecule has 19 heavy (non-hydrogen) atoms. The summed E-state index contributed by atoms with van der Waals surface area (Å²) < 4.78 is 24.2. The van der Waals surface area contributed by atoms with E-state index in [2.05, 4.69) is 0 Å². The fourth-order valence-corrected chi connectivity index (χ4v) is 2.36. The first-order chi connectivity index (χ1) is 9.11. The van der Waals surface area contributed by atoms with Crippen LogP contribution in [0, 0.1) is 11.7 Å². The molecule has 0 amide bonds. The number of carbonyl (C=O) groups is 1. The summed E-state index contributed by atoms with van der Waals surface area (Å²) in [6.45, 7) is 0.516. The first kappa shape index (κ1) is 13.6. The number of hydrogen-bond acceptors (Lipinski definition) is 3. The summed E-state index contributed by atoms with van der Waals surface area (Å²) in [5, 5.41) is 8.84. The van der Waals surface area contributed by atoms with Gasteiger partial charge in [-0.25, -0.2) is 9.18 Å². The summed E-state index contributed by atoms with van der Waals surface area (Å²) >= 11 is 0. The zero-order valence-electron chi connectivity index (χ0n) is 10.8. The second-order valence-corrected chi connectivity index (χ2v) is 4.75. The molecule has 1 saturated carbocycles. The number of ether oxygens (including phenoxy) is 2. The molecule has 1 fully saturated rings. The van der Waals surface area contributed by atoms with Gasteiger partial charge in [-0.05, 0) is 18.8 Å². The molecule has 2 rings (SSSR count). The maximum Gasteiger partial charge on any atom is 0.338 e. The standard InChI is InChI=1S/C14H17FO4/c1-18-12-6-10(14(16)17)11(15)7-13(12)19-8-9-4-2-3-5-9/h6-7,9H,2-5,8H2,1H3,(H,16,17). The minimum absolute atomic E-state index is 0.247. The Kier molecular flexibility index (Phi) is 4.24. The predicted molar refractivity (Wildman–Crippen MR) is 67.4 cm³/mol. The van der Waals surface area contributed by atoms with Gasteiger partial charge in [0.1, 0.15) is 5.82 Å². The third-order valence-corrected chi connectivity index (χ3v) is 3.43. The van der Waals surface area contributed by atoms with Gasteiger partial charge in [0.15, 0.2) is 11.5 Å². The van der Waals surface area contributed by atoms with Crippen LogP contribution in [0.25, 0.3) is 0 Å². The average molecular weight is 268 g/mol. The lowest BCUT2D eigenvalue weighted by Crippen LogP contribution is -2.10. The van der Waals surface area contributed by atoms with E-state index >= 15 is 0 Å². The highest BCUT2D eigenvalue weighted by Gasteiger charge is 2.19. The van der Waals surface area contributed by atoms with E-state index in [-0.39, 0.29) is 11.5 Å². The van der Waals surface area contributed by atoms with Crippen LogP contribution in [0.1, 0.15) is 36.0 Å². The van der Waals surface area contributed by atoms with Gasteiger partial charge in [0.25, 0.3) is 0 Å². The predicted octanol–water partition coefficient (Wildman–Crippen LogP) is 3.10. The average Bonchev–Trinajstić information content (AvgIpc) is 2.89. The van der Waals surface area contributed by atoms with Crippen molar-refractivity contribution in [2.24, 2.45) is 5.92 Å². The van der Waals surface area contributed by atoms with E-state index in [9.17, 15) is 9.18 Å². The summed E-state index contributed by atoms with van der Waals surface area (Å²) in [7, 11) is 1.40. The quantitative estimate of drug-likeness (QED) is 0.891. The number of methoxy groups -OCH3 is 1. The number of rotatable bonds is 5. The smallest absolute Gasteiger partial charge is 0.338 e. The van der Waals surface area contributed by atoms with Crippen LogP contribution in [0.15, 0.2) is 12.1 Å². The molecule has 1 aromatic rings. The minimum Gasteiger partial charge on any atom is -0.493 e. The second-order valence-electron chi connectivity index (χ2n) is 4.75. The van der Waals surface area contributed by atoms with Crippen LogP contribution in [0.3, 0.4) is 0 Å². The zero-order chi connectivity index (χ0) is 13.8. The van der Waals surface area contributed by atoms with E-state index in [4.69, 9.17) is 14.6 Å². The molecule has 1 aliphatic rings. The lowest BCUT2D eigenvalue weighted by Gasteiger charge is -2.14. The van der Waals surface area contributed by atoms with Crippen LogP contribution in [-0.4, -0.2) is 24.8 Å². The van der Waals surface area contributed by atoms with Crippen molar-refractivity contribution in [3.63, 3.8) is 0 Å². The van der Waals surface area contributed by atoms with Gasteiger partial charge in [0.05, 0.1) is 19.3 Å². The molecular formula is C14H17FO4. The number of halogens is 1. The monoisotopic (exact) mass is 268 g/mol. The highest BCUT2D eigenvalue weighted by atomic mass is 19.1. The molecule has 0 bridgehead atoms. The molecule has 5 heteroatoms. The molecule has 0 aromatic heterocycles. The van der Waals surface area contributed by atoms with Crippen LogP contribution in [0.2, 0.25) is 0 Å². The fourth-order valence-electron chi connectivity index (χ4n) is 2.36. The molecule has 0 atom stereocenters. The molecule has 1 aromatic carbocycles. The van der Waals surface area contributed by atoms with Crippen LogP contribution < -0.4 is 9.47 Å². The maximum atomic E-state index is 13.6. The maximum absolute atomic E-state index is 13.6. The summed E-state index contributed by atoms with van der Waals surface area (Å²) in [4.78, 5) is 10.8. The first-order valence-corrected chi connectivity index (χ1v) is 6.35. The molecule has 0 heterocycles. The van der Waals surface area contributed by atoms with Crippen LogP contribution in [0.5, 0.6) is 11.5 Å². The molecular weight excluding hydrogens is 251 g/mol. The van der Waals surface area contributed by atoms with Gasteiger partial charge in [-0.3, -0.25) is 0 Å². The van der Waals surface area contributed by atoms with Gasteiger partial charge in [0.2, 0.25) is 0 Å². The third-order valence-electron chi connectivity index (χ3n) is 3.43. The Labute approximate surface area is 111 Å². The molecule has 1 N–H and O–H groups in total. The second kappa shape index (κ2) is 5.91. The number of carboxylic acid groups (broad SMARTS) is 1. The fraction of sp³-hybridized carbons (Fsp3) is 0.500. The van der Waals surface area contributed by atoms with Crippen LogP contribution >= 0.6 is 0 Å². The van der Waals surface area contributed by atoms with Crippen molar-refractivity contribution >= 4 is 5.97 Å². The largest absolute Gasteiger partial charge is 0.493 e. The van der Waals surface area contributed by atoms with Crippen molar-refractivity contribution in [2.75, 3.05) is 13.7 Å². The lowest BCUT2D eigenvalue weighted by atomic mass is 10.1. The third kappa shape index (κ3) is 3.16. The van der Waals surface area contributed by atoms with Crippen molar-refractivity contribution in [1.29, 1.82) is 0 Å². The van der Waals surface area contributed by atoms with Crippen LogP contribution in [0.4, 0.5) is 4.39 Å². The number of aromatic carboxylic acids is 1. The number of carboxylic acids is 1. The van der Waals surface area contributed by atoms with E-state index in [0.717, 1.165) is 25.0 Å². The highest BCUT2D eigenvalue weighted by Crippen LogP contribution is 2.32. The van der Waals surface area contributed by atoms with Crippen molar-refractivity contribution in [3.05, 3.63) is 23.5 Å². The molecule has 0 saturated heterocycles. The Morgan fingerprint density at radius 3 is 2.63 bits per heavy atom. The van der Waals surface area contributed by atoms with E-state index in [0.29, 0.717) is 12.5 Å². The first-order valence-electron chi connectivity index (χ1n) is 6.35. The van der Waals surface area contributed by atoms with Crippen molar-refractivity contribution in [2.45, 2.75) is 25.7 Å². The Morgan fingerprint density at radius 1 is 1.37 bits per heavy atom. The summed E-state index contributed by atoms with van der Waals surface area (Å²) in [5.41, 5.74) is -0.412. The van der Waals surface area contributed by atoms with Gasteiger partial charge < -0.3 is 14.6 Å². The van der Waals surface area contributed by atoms with Gasteiger partial charge in [-0.1, -0.05) is 12.8 Å². The lowest BCUT2D eigenvalue weighted by molar-refractivity contribution is 0.0691. The Bertz CT molecular complexity index is 467. The van der Waals surface area contributed by atoms with Crippen LogP contribution in [-0.2, 0) is 0 Å². The zero-order valence-corrected chi connectivity index (χ0v) is 10.8. The molecule has 0 radical (unpaired) electrons. The van der Waals surface area contributed by atoms with Gasteiger partial charge >= 0.3 is 5.97 Å². The number of benzene rings is 1. The topological polar surface area (TPSA) is 55.8 Å². The van der Waals surface area contributed by atoms with Crippen molar-refractivity contribution in [3.8, 4) is 11.5 Å². The van der Waals surface area contributed by atoms with Gasteiger partial charge in [-0.15, -0.1) is 0 Å². The van der Waals surface area contributed by atoms with Crippen molar-refractivity contribution in [1.82, 2.24) is 0 Å². The van der Waals surface area contributed by atoms with E-state index in [1.807, 2.05) is 0 Å². The van der Waals surface area contributed by atoms with E-state index in [1.54, 1.807) is 0 Å². The normalized spacial score (nSPS) is 15.5. The molecule has 4 nitrogen and oxygen atoms in total. The SMILES string of the molecule is COc1cc(C(=O)O)c(F)cc1OCC1CCCC1. The number of hydrogen-bond donors (Lipinski definition) is 1. The molecule has 0 unspecified atom stereocenters. The summed E-state index contributed by atoms with van der Waals surface area (Å²) in [5.74, 6) is -1.13. The molecule has 1 aliphatic carbocycles. The summed E-state index contributed by atoms with van der Waals surface area (Å²) in [6.07, 6.45) is 4.66. The summed E-state index contributed by atoms with van der Waals surface area (Å²) in [6, 6.07) is 2.24. The molecule has 0 spiro atoms. The van der Waals surface area contributed by atoms with E-state index < -0.39 is 17.3 Å². The van der Waals surface area contributed by atoms with Crippen molar-refractivity contribution < 1.29 is 23.8 Å². The minimum atomic E-state index is -1.32. The van der Waals surface area contributed by atoms with E-state index in [1.165, 1.54) is 20.0 Å². The highest BCUT2D eigenvalue weighted by molar-refractivity contribution is 5.88.